The molecular weight excluding hydrogens is 374 g/mol. The lowest BCUT2D eigenvalue weighted by atomic mass is 9.87. The standard InChI is InChI=1S/C26H41NO3.H2/c1-3-5-7-9-10-12-14-21(13-11-8-6-4-2)22-15-17-23(18-16-22)25(28)27-24-19-20-30-26(24)29;/h15-18,21,24H,3-14,19-20H2,1-2H3,(H,27,28);1H. The van der Waals surface area contributed by atoms with Crippen LogP contribution in [0, 0.1) is 0 Å². The molecule has 1 aromatic rings. The highest BCUT2D eigenvalue weighted by atomic mass is 16.5. The second-order valence-electron chi connectivity index (χ2n) is 8.71. The van der Waals surface area contributed by atoms with Gasteiger partial charge in [0, 0.05) is 13.4 Å². The third kappa shape index (κ3) is 8.49. The maximum absolute atomic E-state index is 12.4. The van der Waals surface area contributed by atoms with Gasteiger partial charge < -0.3 is 10.1 Å². The number of ether oxygens (including phenoxy) is 1. The Morgan fingerprint density at radius 3 is 2.10 bits per heavy atom. The molecule has 1 N–H and O–H groups in total. The van der Waals surface area contributed by atoms with Crippen LogP contribution in [0.1, 0.15) is 121 Å². The molecule has 0 spiro atoms. The number of amides is 1. The van der Waals surface area contributed by atoms with Gasteiger partial charge in [-0.3, -0.25) is 4.79 Å². The first kappa shape index (κ1) is 24.4. The lowest BCUT2D eigenvalue weighted by molar-refractivity contribution is -0.139. The number of unbranched alkanes of at least 4 members (excludes halogenated alkanes) is 8. The molecule has 170 valence electrons. The van der Waals surface area contributed by atoms with Crippen molar-refractivity contribution in [1.29, 1.82) is 0 Å². The smallest absolute Gasteiger partial charge is 0.328 e. The number of carbonyl (C=O) groups is 2. The van der Waals surface area contributed by atoms with Crippen LogP contribution in [0.15, 0.2) is 24.3 Å². The number of esters is 1. The Kier molecular flexibility index (Phi) is 11.6. The van der Waals surface area contributed by atoms with E-state index in [1.54, 1.807) is 0 Å². The first-order chi connectivity index (χ1) is 14.7. The van der Waals surface area contributed by atoms with E-state index in [9.17, 15) is 9.59 Å². The van der Waals surface area contributed by atoms with Crippen LogP contribution in [0.25, 0.3) is 0 Å². The topological polar surface area (TPSA) is 55.4 Å². The normalized spacial score (nSPS) is 17.0. The summed E-state index contributed by atoms with van der Waals surface area (Å²) < 4.78 is 4.92. The van der Waals surface area contributed by atoms with Gasteiger partial charge in [0.1, 0.15) is 6.04 Å². The van der Waals surface area contributed by atoms with E-state index < -0.39 is 6.04 Å². The molecule has 1 aliphatic heterocycles. The van der Waals surface area contributed by atoms with E-state index in [1.165, 1.54) is 82.6 Å². The van der Waals surface area contributed by atoms with Gasteiger partial charge >= 0.3 is 5.97 Å². The highest BCUT2D eigenvalue weighted by molar-refractivity contribution is 5.97. The van der Waals surface area contributed by atoms with Gasteiger partial charge in [0.25, 0.3) is 5.91 Å². The number of hydrogen-bond donors (Lipinski definition) is 1. The lowest BCUT2D eigenvalue weighted by Crippen LogP contribution is -2.37. The summed E-state index contributed by atoms with van der Waals surface area (Å²) in [6.07, 6.45) is 16.1. The van der Waals surface area contributed by atoms with E-state index in [4.69, 9.17) is 4.74 Å². The van der Waals surface area contributed by atoms with Crippen molar-refractivity contribution in [2.45, 2.75) is 109 Å². The minimum Gasteiger partial charge on any atom is -0.464 e. The van der Waals surface area contributed by atoms with Gasteiger partial charge in [-0.1, -0.05) is 90.2 Å². The summed E-state index contributed by atoms with van der Waals surface area (Å²) in [7, 11) is 0. The molecule has 0 aromatic heterocycles. The number of hydrogen-bond acceptors (Lipinski definition) is 3. The van der Waals surface area contributed by atoms with E-state index in [-0.39, 0.29) is 13.3 Å². The van der Waals surface area contributed by atoms with Crippen molar-refractivity contribution in [3.05, 3.63) is 35.4 Å². The highest BCUT2D eigenvalue weighted by Gasteiger charge is 2.28. The van der Waals surface area contributed by atoms with E-state index in [1.807, 2.05) is 12.1 Å². The van der Waals surface area contributed by atoms with Crippen LogP contribution in [-0.2, 0) is 9.53 Å². The monoisotopic (exact) mass is 417 g/mol. The third-order valence-electron chi connectivity index (χ3n) is 6.20. The van der Waals surface area contributed by atoms with Gasteiger partial charge in [-0.15, -0.1) is 0 Å². The van der Waals surface area contributed by atoms with E-state index in [0.717, 1.165) is 0 Å². The van der Waals surface area contributed by atoms with Gasteiger partial charge in [0.15, 0.2) is 0 Å². The number of benzene rings is 1. The molecule has 1 heterocycles. The Labute approximate surface area is 184 Å². The molecule has 1 aliphatic rings. The molecule has 2 atom stereocenters. The zero-order valence-electron chi connectivity index (χ0n) is 19.1. The minimum absolute atomic E-state index is 0. The van der Waals surface area contributed by atoms with Crippen molar-refractivity contribution in [3.8, 4) is 0 Å². The minimum atomic E-state index is -0.504. The molecule has 2 rings (SSSR count). The van der Waals surface area contributed by atoms with Crippen molar-refractivity contribution in [3.63, 3.8) is 0 Å². The zero-order valence-corrected chi connectivity index (χ0v) is 19.1. The van der Waals surface area contributed by atoms with Crippen LogP contribution in [0.4, 0.5) is 0 Å². The first-order valence-corrected chi connectivity index (χ1v) is 12.2. The second kappa shape index (κ2) is 14.2. The Hall–Kier alpha value is -1.84. The molecule has 0 saturated carbocycles. The fourth-order valence-corrected chi connectivity index (χ4v) is 4.24. The van der Waals surface area contributed by atoms with Crippen LogP contribution in [-0.4, -0.2) is 24.5 Å². The third-order valence-corrected chi connectivity index (χ3v) is 6.20. The Morgan fingerprint density at radius 2 is 1.53 bits per heavy atom. The predicted molar refractivity (Wildman–Crippen MR) is 125 cm³/mol. The summed E-state index contributed by atoms with van der Waals surface area (Å²) in [4.78, 5) is 24.0. The molecule has 1 aromatic carbocycles. The summed E-state index contributed by atoms with van der Waals surface area (Å²) in [6.45, 7) is 4.90. The molecule has 0 aliphatic carbocycles. The maximum Gasteiger partial charge on any atom is 0.328 e. The van der Waals surface area contributed by atoms with Crippen molar-refractivity contribution < 1.29 is 15.8 Å². The maximum atomic E-state index is 12.4. The molecule has 2 unspecified atom stereocenters. The predicted octanol–water partition coefficient (Wildman–Crippen LogP) is 6.78. The van der Waals surface area contributed by atoms with Gasteiger partial charge in [0.05, 0.1) is 6.61 Å². The van der Waals surface area contributed by atoms with Crippen molar-refractivity contribution in [2.75, 3.05) is 6.61 Å². The van der Waals surface area contributed by atoms with Gasteiger partial charge in [0.2, 0.25) is 0 Å². The summed E-state index contributed by atoms with van der Waals surface area (Å²) in [5, 5.41) is 2.79. The second-order valence-corrected chi connectivity index (χ2v) is 8.71. The van der Waals surface area contributed by atoms with Gasteiger partial charge in [-0.05, 0) is 36.5 Å². The van der Waals surface area contributed by atoms with Gasteiger partial charge in [-0.25, -0.2) is 4.79 Å². The SMILES string of the molecule is CCCCCCCCC(CCCCCC)c1ccc(C(=O)NC2CCOC2=O)cc1.[HH]. The number of cyclic esters (lactones) is 1. The molecular formula is C26H43NO3. The van der Waals surface area contributed by atoms with Crippen LogP contribution in [0.2, 0.25) is 0 Å². The van der Waals surface area contributed by atoms with Gasteiger partial charge in [-0.2, -0.15) is 0 Å². The molecule has 1 saturated heterocycles. The lowest BCUT2D eigenvalue weighted by Gasteiger charge is -2.18. The summed E-state index contributed by atoms with van der Waals surface area (Å²) in [6, 6.07) is 7.54. The molecule has 0 radical (unpaired) electrons. The summed E-state index contributed by atoms with van der Waals surface area (Å²) in [5.41, 5.74) is 1.96. The Balaban J connectivity index is 0.00000480. The average molecular weight is 418 g/mol. The first-order valence-electron chi connectivity index (χ1n) is 12.2. The van der Waals surface area contributed by atoms with Crippen LogP contribution in [0.3, 0.4) is 0 Å². The largest absolute Gasteiger partial charge is 0.464 e. The summed E-state index contributed by atoms with van der Waals surface area (Å²) in [5.74, 6) is 0.0572. The molecule has 0 bridgehead atoms. The van der Waals surface area contributed by atoms with E-state index in [0.29, 0.717) is 24.5 Å². The van der Waals surface area contributed by atoms with Crippen molar-refractivity contribution in [1.82, 2.24) is 5.32 Å². The van der Waals surface area contributed by atoms with E-state index in [2.05, 4.69) is 31.3 Å². The molecule has 1 amide bonds. The fourth-order valence-electron chi connectivity index (χ4n) is 4.24. The number of carbonyl (C=O) groups excluding carboxylic acids is 2. The molecule has 4 nitrogen and oxygen atoms in total. The average Bonchev–Trinajstić information content (AvgIpc) is 3.16. The van der Waals surface area contributed by atoms with Crippen molar-refractivity contribution >= 4 is 11.9 Å². The van der Waals surface area contributed by atoms with Crippen LogP contribution in [0.5, 0.6) is 0 Å². The van der Waals surface area contributed by atoms with Crippen LogP contribution >= 0.6 is 0 Å². The molecule has 4 heteroatoms. The Bertz CT molecular complexity index is 632. The zero-order chi connectivity index (χ0) is 21.6. The molecule has 1 fully saturated rings. The number of rotatable bonds is 15. The summed E-state index contributed by atoms with van der Waals surface area (Å²) >= 11 is 0. The van der Waals surface area contributed by atoms with E-state index >= 15 is 0 Å². The van der Waals surface area contributed by atoms with Crippen molar-refractivity contribution in [2.24, 2.45) is 0 Å². The molecule has 30 heavy (non-hydrogen) atoms. The quantitative estimate of drug-likeness (QED) is 0.253. The number of nitrogens with one attached hydrogen (secondary N) is 1. The van der Waals surface area contributed by atoms with Crippen LogP contribution < -0.4 is 5.32 Å². The Morgan fingerprint density at radius 1 is 0.967 bits per heavy atom. The fraction of sp³-hybridized carbons (Fsp3) is 0.692. The highest BCUT2D eigenvalue weighted by Crippen LogP contribution is 2.29.